The minimum absolute atomic E-state index is 0.367. The zero-order valence-electron chi connectivity index (χ0n) is 16.8. The number of urea groups is 1. The van der Waals surface area contributed by atoms with E-state index in [0.717, 1.165) is 29.7 Å². The first kappa shape index (κ1) is 20.7. The molecule has 154 valence electrons. The van der Waals surface area contributed by atoms with Crippen LogP contribution in [0.15, 0.2) is 18.2 Å². The third kappa shape index (κ3) is 4.19. The standard InChI is InChI=1S/C20H23N3O5S/c1-23(2)20(26)22-18(25)16-12-6-5-7-15(12)29-19(16)21-17(24)11-8-9-13(27-3)14(10-11)28-4/h8-10H,5-7H2,1-4H3,(H,21,24)(H,22,25,26). The van der Waals surface area contributed by atoms with Gasteiger partial charge in [-0.05, 0) is 43.0 Å². The van der Waals surface area contributed by atoms with Crippen LogP contribution >= 0.6 is 11.3 Å². The van der Waals surface area contributed by atoms with Gasteiger partial charge in [0, 0.05) is 24.5 Å². The number of anilines is 1. The number of rotatable bonds is 5. The summed E-state index contributed by atoms with van der Waals surface area (Å²) in [6.45, 7) is 0. The number of benzene rings is 1. The molecule has 0 atom stereocenters. The molecule has 9 heteroatoms. The largest absolute Gasteiger partial charge is 0.493 e. The van der Waals surface area contributed by atoms with E-state index in [0.29, 0.717) is 27.6 Å². The highest BCUT2D eigenvalue weighted by molar-refractivity contribution is 7.17. The number of nitrogens with zero attached hydrogens (tertiary/aromatic N) is 1. The minimum atomic E-state index is -0.509. The summed E-state index contributed by atoms with van der Waals surface area (Å²) in [6.07, 6.45) is 2.55. The van der Waals surface area contributed by atoms with E-state index in [1.54, 1.807) is 32.3 Å². The molecule has 0 saturated heterocycles. The van der Waals surface area contributed by atoms with Crippen molar-refractivity contribution in [3.63, 3.8) is 0 Å². The van der Waals surface area contributed by atoms with E-state index in [4.69, 9.17) is 9.47 Å². The molecule has 0 radical (unpaired) electrons. The molecule has 0 spiro atoms. The van der Waals surface area contributed by atoms with Gasteiger partial charge in [0.25, 0.3) is 11.8 Å². The van der Waals surface area contributed by atoms with Gasteiger partial charge in [-0.25, -0.2) is 4.79 Å². The number of carbonyl (C=O) groups is 3. The lowest BCUT2D eigenvalue weighted by molar-refractivity contribution is 0.0957. The number of methoxy groups -OCH3 is 2. The molecule has 1 heterocycles. The van der Waals surface area contributed by atoms with Gasteiger partial charge in [0.05, 0.1) is 19.8 Å². The summed E-state index contributed by atoms with van der Waals surface area (Å²) in [6, 6.07) is 4.33. The van der Waals surface area contributed by atoms with Crippen LogP contribution in [0.3, 0.4) is 0 Å². The maximum atomic E-state index is 12.8. The van der Waals surface area contributed by atoms with E-state index < -0.39 is 11.9 Å². The molecule has 2 aromatic rings. The number of hydrogen-bond donors (Lipinski definition) is 2. The monoisotopic (exact) mass is 417 g/mol. The summed E-state index contributed by atoms with van der Waals surface area (Å²) >= 11 is 1.38. The lowest BCUT2D eigenvalue weighted by atomic mass is 10.1. The smallest absolute Gasteiger partial charge is 0.323 e. The number of fused-ring (bicyclic) bond motifs is 1. The maximum absolute atomic E-state index is 12.8. The molecule has 0 unspecified atom stereocenters. The fraction of sp³-hybridized carbons (Fsp3) is 0.350. The highest BCUT2D eigenvalue weighted by Crippen LogP contribution is 2.39. The Kier molecular flexibility index (Phi) is 6.07. The molecule has 3 rings (SSSR count). The van der Waals surface area contributed by atoms with Gasteiger partial charge in [-0.2, -0.15) is 0 Å². The molecule has 29 heavy (non-hydrogen) atoms. The van der Waals surface area contributed by atoms with Gasteiger partial charge in [-0.15, -0.1) is 11.3 Å². The quantitative estimate of drug-likeness (QED) is 0.780. The van der Waals surface area contributed by atoms with Gasteiger partial charge < -0.3 is 19.7 Å². The predicted molar refractivity (Wildman–Crippen MR) is 110 cm³/mol. The number of aryl methyl sites for hydroxylation is 1. The van der Waals surface area contributed by atoms with Gasteiger partial charge >= 0.3 is 6.03 Å². The van der Waals surface area contributed by atoms with Gasteiger partial charge in [0.15, 0.2) is 11.5 Å². The Morgan fingerprint density at radius 2 is 1.76 bits per heavy atom. The van der Waals surface area contributed by atoms with E-state index >= 15 is 0 Å². The van der Waals surface area contributed by atoms with E-state index in [-0.39, 0.29) is 5.91 Å². The molecule has 2 N–H and O–H groups in total. The molecule has 0 bridgehead atoms. The summed E-state index contributed by atoms with van der Waals surface area (Å²) in [7, 11) is 6.12. The zero-order chi connectivity index (χ0) is 21.1. The fourth-order valence-electron chi connectivity index (χ4n) is 3.16. The highest BCUT2D eigenvalue weighted by Gasteiger charge is 2.29. The second-order valence-electron chi connectivity index (χ2n) is 6.74. The van der Waals surface area contributed by atoms with Crippen LogP contribution in [0, 0.1) is 0 Å². The first-order valence-corrected chi connectivity index (χ1v) is 9.88. The molecule has 4 amide bonds. The van der Waals surface area contributed by atoms with E-state index in [2.05, 4.69) is 10.6 Å². The third-order valence-electron chi connectivity index (χ3n) is 4.65. The summed E-state index contributed by atoms with van der Waals surface area (Å²) in [5.74, 6) is 0.0642. The number of nitrogens with one attached hydrogen (secondary N) is 2. The molecular weight excluding hydrogens is 394 g/mol. The topological polar surface area (TPSA) is 97.0 Å². The van der Waals surface area contributed by atoms with Crippen LogP contribution in [-0.2, 0) is 12.8 Å². The highest BCUT2D eigenvalue weighted by atomic mass is 32.1. The Morgan fingerprint density at radius 3 is 2.41 bits per heavy atom. The molecule has 0 aliphatic heterocycles. The van der Waals surface area contributed by atoms with Crippen LogP contribution in [0.5, 0.6) is 11.5 Å². The average molecular weight is 417 g/mol. The molecule has 1 aromatic carbocycles. The zero-order valence-corrected chi connectivity index (χ0v) is 17.6. The molecule has 0 fully saturated rings. The molecule has 0 saturated carbocycles. The summed E-state index contributed by atoms with van der Waals surface area (Å²) in [5, 5.41) is 5.63. The molecule has 1 aliphatic rings. The Labute approximate surface area is 172 Å². The van der Waals surface area contributed by atoms with Crippen LogP contribution < -0.4 is 20.1 Å². The Hall–Kier alpha value is -3.07. The van der Waals surface area contributed by atoms with Crippen molar-refractivity contribution in [1.29, 1.82) is 0 Å². The van der Waals surface area contributed by atoms with Crippen molar-refractivity contribution < 1.29 is 23.9 Å². The van der Waals surface area contributed by atoms with Gasteiger partial charge in [-0.3, -0.25) is 14.9 Å². The van der Waals surface area contributed by atoms with Crippen molar-refractivity contribution in [1.82, 2.24) is 10.2 Å². The number of ether oxygens (including phenoxy) is 2. The number of thiophene rings is 1. The SMILES string of the molecule is COc1ccc(C(=O)Nc2sc3c(c2C(=O)NC(=O)N(C)C)CCC3)cc1OC. The second-order valence-corrected chi connectivity index (χ2v) is 7.84. The van der Waals surface area contributed by atoms with Gasteiger partial charge in [-0.1, -0.05) is 0 Å². The Balaban J connectivity index is 1.89. The van der Waals surface area contributed by atoms with Crippen molar-refractivity contribution >= 4 is 34.2 Å². The summed E-state index contributed by atoms with van der Waals surface area (Å²) in [4.78, 5) is 39.8. The molecule has 1 aromatic heterocycles. The summed E-state index contributed by atoms with van der Waals surface area (Å²) < 4.78 is 10.4. The second kappa shape index (κ2) is 8.52. The van der Waals surface area contributed by atoms with Crippen LogP contribution in [0.2, 0.25) is 0 Å². The first-order chi connectivity index (χ1) is 13.8. The number of imide groups is 1. The van der Waals surface area contributed by atoms with Crippen LogP contribution in [0.25, 0.3) is 0 Å². The predicted octanol–water partition coefficient (Wildman–Crippen LogP) is 2.92. The Morgan fingerprint density at radius 1 is 1.03 bits per heavy atom. The van der Waals surface area contributed by atoms with Crippen molar-refractivity contribution in [3.8, 4) is 11.5 Å². The third-order valence-corrected chi connectivity index (χ3v) is 5.86. The van der Waals surface area contributed by atoms with E-state index in [9.17, 15) is 14.4 Å². The van der Waals surface area contributed by atoms with Crippen LogP contribution in [0.1, 0.15) is 37.6 Å². The molecular formula is C20H23N3O5S. The normalized spacial score (nSPS) is 12.1. The lowest BCUT2D eigenvalue weighted by Gasteiger charge is -2.13. The van der Waals surface area contributed by atoms with Crippen LogP contribution in [-0.4, -0.2) is 51.1 Å². The molecule has 1 aliphatic carbocycles. The number of amides is 4. The fourth-order valence-corrected chi connectivity index (χ4v) is 4.44. The van der Waals surface area contributed by atoms with Crippen LogP contribution in [0.4, 0.5) is 9.80 Å². The minimum Gasteiger partial charge on any atom is -0.493 e. The van der Waals surface area contributed by atoms with Crippen molar-refractivity contribution in [3.05, 3.63) is 39.8 Å². The van der Waals surface area contributed by atoms with E-state index in [1.165, 1.54) is 30.5 Å². The number of carbonyl (C=O) groups excluding carboxylic acids is 3. The Bertz CT molecular complexity index is 967. The van der Waals surface area contributed by atoms with Crippen molar-refractivity contribution in [2.45, 2.75) is 19.3 Å². The maximum Gasteiger partial charge on any atom is 0.323 e. The van der Waals surface area contributed by atoms with Crippen molar-refractivity contribution in [2.75, 3.05) is 33.6 Å². The summed E-state index contributed by atoms with van der Waals surface area (Å²) in [5.41, 5.74) is 1.64. The lowest BCUT2D eigenvalue weighted by Crippen LogP contribution is -2.39. The first-order valence-electron chi connectivity index (χ1n) is 9.06. The van der Waals surface area contributed by atoms with Gasteiger partial charge in [0.2, 0.25) is 0 Å². The van der Waals surface area contributed by atoms with E-state index in [1.807, 2.05) is 0 Å². The molecule has 8 nitrogen and oxygen atoms in total. The number of hydrogen-bond acceptors (Lipinski definition) is 6. The van der Waals surface area contributed by atoms with Crippen molar-refractivity contribution in [2.24, 2.45) is 0 Å². The van der Waals surface area contributed by atoms with Gasteiger partial charge in [0.1, 0.15) is 5.00 Å². The average Bonchev–Trinajstić information content (AvgIpc) is 3.27.